The van der Waals surface area contributed by atoms with Crippen molar-refractivity contribution in [2.75, 3.05) is 0 Å². The molecule has 0 bridgehead atoms. The van der Waals surface area contributed by atoms with Gasteiger partial charge in [-0.1, -0.05) is 6.07 Å². The molecule has 0 radical (unpaired) electrons. The van der Waals surface area contributed by atoms with Gasteiger partial charge >= 0.3 is 5.97 Å². The van der Waals surface area contributed by atoms with E-state index in [2.05, 4.69) is 5.10 Å². The van der Waals surface area contributed by atoms with E-state index in [0.29, 0.717) is 10.7 Å². The van der Waals surface area contributed by atoms with Crippen LogP contribution in [-0.4, -0.2) is 20.9 Å². The van der Waals surface area contributed by atoms with E-state index < -0.39 is 29.2 Å². The van der Waals surface area contributed by atoms with Gasteiger partial charge in [-0.05, 0) is 12.1 Å². The third-order valence-corrected chi connectivity index (χ3v) is 2.48. The Morgan fingerprint density at radius 2 is 2.05 bits per heavy atom. The lowest BCUT2D eigenvalue weighted by atomic mass is 10.1. The van der Waals surface area contributed by atoms with Crippen LogP contribution < -0.4 is 5.56 Å². The Balaban J connectivity index is 2.62. The molecule has 19 heavy (non-hydrogen) atoms. The lowest BCUT2D eigenvalue weighted by Crippen LogP contribution is -2.32. The van der Waals surface area contributed by atoms with E-state index in [1.54, 1.807) is 0 Å². The molecule has 0 fully saturated rings. The van der Waals surface area contributed by atoms with Crippen LogP contribution in [0.2, 0.25) is 0 Å². The number of hydrogen-bond acceptors (Lipinski definition) is 3. The Bertz CT molecular complexity index is 685. The topological polar surface area (TPSA) is 72.2 Å². The van der Waals surface area contributed by atoms with E-state index in [-0.39, 0.29) is 5.56 Å². The van der Waals surface area contributed by atoms with Crippen LogP contribution in [0.25, 0.3) is 0 Å². The zero-order valence-electron chi connectivity index (χ0n) is 9.46. The average molecular weight is 266 g/mol. The van der Waals surface area contributed by atoms with E-state index >= 15 is 0 Å². The van der Waals surface area contributed by atoms with Crippen LogP contribution in [0.3, 0.4) is 0 Å². The molecular formula is C12H8F2N2O3. The fraction of sp³-hybridized carbons (Fsp3) is 0.0833. The third-order valence-electron chi connectivity index (χ3n) is 2.48. The molecule has 0 aliphatic heterocycles. The number of carboxylic acids is 1. The molecule has 1 aromatic heterocycles. The van der Waals surface area contributed by atoms with E-state index in [4.69, 9.17) is 5.11 Å². The second kappa shape index (κ2) is 4.97. The van der Waals surface area contributed by atoms with Crippen LogP contribution in [0, 0.1) is 11.6 Å². The summed E-state index contributed by atoms with van der Waals surface area (Å²) in [6, 6.07) is 3.24. The van der Waals surface area contributed by atoms with Crippen molar-refractivity contribution in [2.24, 2.45) is 0 Å². The minimum Gasteiger partial charge on any atom is -0.479 e. The van der Waals surface area contributed by atoms with Crippen LogP contribution in [0.5, 0.6) is 0 Å². The zero-order chi connectivity index (χ0) is 14.0. The first-order chi connectivity index (χ1) is 9.00. The average Bonchev–Trinajstić information content (AvgIpc) is 2.34. The fourth-order valence-electron chi connectivity index (χ4n) is 1.66. The Morgan fingerprint density at radius 3 is 2.63 bits per heavy atom. The molecule has 1 N–H and O–H groups in total. The van der Waals surface area contributed by atoms with Gasteiger partial charge in [0, 0.05) is 23.9 Å². The summed E-state index contributed by atoms with van der Waals surface area (Å²) in [5, 5.41) is 12.7. The standard InChI is InChI=1S/C12H8F2N2O3/c13-7-3-4-8(9(14)6-7)11(12(18)19)16-10(17)2-1-5-15-16/h1-6,11H,(H,18,19). The number of rotatable bonds is 3. The van der Waals surface area contributed by atoms with Crippen molar-refractivity contribution >= 4 is 5.97 Å². The minimum absolute atomic E-state index is 0.338. The van der Waals surface area contributed by atoms with E-state index in [1.807, 2.05) is 0 Å². The zero-order valence-corrected chi connectivity index (χ0v) is 9.46. The molecule has 1 aromatic carbocycles. The van der Waals surface area contributed by atoms with Crippen LogP contribution in [0.15, 0.2) is 41.3 Å². The molecular weight excluding hydrogens is 258 g/mol. The van der Waals surface area contributed by atoms with Crippen LogP contribution >= 0.6 is 0 Å². The molecule has 2 aromatic rings. The summed E-state index contributed by atoms with van der Waals surface area (Å²) >= 11 is 0. The van der Waals surface area contributed by atoms with Gasteiger partial charge in [0.15, 0.2) is 6.04 Å². The van der Waals surface area contributed by atoms with Crippen molar-refractivity contribution in [3.63, 3.8) is 0 Å². The van der Waals surface area contributed by atoms with Gasteiger partial charge in [0.2, 0.25) is 0 Å². The number of aromatic nitrogens is 2. The first kappa shape index (κ1) is 12.9. The van der Waals surface area contributed by atoms with Gasteiger partial charge in [-0.15, -0.1) is 0 Å². The molecule has 0 saturated heterocycles. The summed E-state index contributed by atoms with van der Waals surface area (Å²) in [7, 11) is 0. The molecule has 1 heterocycles. The van der Waals surface area contributed by atoms with Crippen molar-refractivity contribution in [1.29, 1.82) is 0 Å². The second-order valence-corrected chi connectivity index (χ2v) is 3.71. The highest BCUT2D eigenvalue weighted by Gasteiger charge is 2.27. The van der Waals surface area contributed by atoms with Crippen LogP contribution in [-0.2, 0) is 4.79 Å². The molecule has 0 aliphatic rings. The molecule has 0 spiro atoms. The maximum absolute atomic E-state index is 13.6. The van der Waals surface area contributed by atoms with Gasteiger partial charge in [0.25, 0.3) is 5.56 Å². The van der Waals surface area contributed by atoms with Gasteiger partial charge in [0.05, 0.1) is 0 Å². The molecule has 5 nitrogen and oxygen atoms in total. The Kier molecular flexibility index (Phi) is 3.37. The summed E-state index contributed by atoms with van der Waals surface area (Å²) in [6.45, 7) is 0. The second-order valence-electron chi connectivity index (χ2n) is 3.71. The molecule has 0 aliphatic carbocycles. The Hall–Kier alpha value is -2.57. The predicted octanol–water partition coefficient (Wildman–Crippen LogP) is 1.20. The Labute approximate surface area is 105 Å². The van der Waals surface area contributed by atoms with Gasteiger partial charge < -0.3 is 5.11 Å². The Morgan fingerprint density at radius 1 is 1.32 bits per heavy atom. The number of benzene rings is 1. The highest BCUT2D eigenvalue weighted by Crippen LogP contribution is 2.20. The smallest absolute Gasteiger partial charge is 0.333 e. The largest absolute Gasteiger partial charge is 0.479 e. The number of hydrogen-bond donors (Lipinski definition) is 1. The number of halogens is 2. The minimum atomic E-state index is -1.64. The highest BCUT2D eigenvalue weighted by atomic mass is 19.1. The first-order valence-electron chi connectivity index (χ1n) is 5.22. The summed E-state index contributed by atoms with van der Waals surface area (Å²) in [4.78, 5) is 22.8. The maximum Gasteiger partial charge on any atom is 0.333 e. The SMILES string of the molecule is O=C(O)C(c1ccc(F)cc1F)n1ncccc1=O. The monoisotopic (exact) mass is 266 g/mol. The van der Waals surface area contributed by atoms with Crippen LogP contribution in [0.1, 0.15) is 11.6 Å². The first-order valence-corrected chi connectivity index (χ1v) is 5.22. The predicted molar refractivity (Wildman–Crippen MR) is 60.6 cm³/mol. The van der Waals surface area contributed by atoms with Gasteiger partial charge in [0.1, 0.15) is 11.6 Å². The highest BCUT2D eigenvalue weighted by molar-refractivity contribution is 5.75. The third kappa shape index (κ3) is 2.49. The van der Waals surface area contributed by atoms with Gasteiger partial charge in [-0.3, -0.25) is 4.79 Å². The maximum atomic E-state index is 13.6. The van der Waals surface area contributed by atoms with Crippen molar-refractivity contribution in [1.82, 2.24) is 9.78 Å². The quantitative estimate of drug-likeness (QED) is 0.905. The molecule has 1 atom stereocenters. The summed E-state index contributed by atoms with van der Waals surface area (Å²) in [5.41, 5.74) is -1.03. The number of carbonyl (C=O) groups is 1. The fourth-order valence-corrected chi connectivity index (χ4v) is 1.66. The lowest BCUT2D eigenvalue weighted by molar-refractivity contribution is -0.140. The van der Waals surface area contributed by atoms with E-state index in [1.165, 1.54) is 12.3 Å². The van der Waals surface area contributed by atoms with Crippen LogP contribution in [0.4, 0.5) is 8.78 Å². The van der Waals surface area contributed by atoms with E-state index in [0.717, 1.165) is 18.2 Å². The summed E-state index contributed by atoms with van der Waals surface area (Å²) < 4.78 is 27.1. The molecule has 0 saturated carbocycles. The number of aliphatic carboxylic acids is 1. The molecule has 2 rings (SSSR count). The molecule has 7 heteroatoms. The molecule has 0 amide bonds. The molecule has 1 unspecified atom stereocenters. The van der Waals surface area contributed by atoms with Crippen molar-refractivity contribution in [2.45, 2.75) is 6.04 Å². The summed E-state index contributed by atoms with van der Waals surface area (Å²) in [5.74, 6) is -3.35. The molecule has 98 valence electrons. The normalized spacial score (nSPS) is 12.1. The van der Waals surface area contributed by atoms with Crippen molar-refractivity contribution < 1.29 is 18.7 Å². The number of carboxylic acid groups (broad SMARTS) is 1. The van der Waals surface area contributed by atoms with Gasteiger partial charge in [-0.2, -0.15) is 5.10 Å². The lowest BCUT2D eigenvalue weighted by Gasteiger charge is -2.14. The number of nitrogens with zero attached hydrogens (tertiary/aromatic N) is 2. The van der Waals surface area contributed by atoms with E-state index in [9.17, 15) is 18.4 Å². The van der Waals surface area contributed by atoms with Crippen molar-refractivity contribution in [3.05, 3.63) is 64.1 Å². The van der Waals surface area contributed by atoms with Crippen molar-refractivity contribution in [3.8, 4) is 0 Å². The summed E-state index contributed by atoms with van der Waals surface area (Å²) in [6.07, 6.45) is 1.21. The van der Waals surface area contributed by atoms with Gasteiger partial charge in [-0.25, -0.2) is 18.3 Å².